The van der Waals surface area contributed by atoms with Gasteiger partial charge in [0.15, 0.2) is 5.82 Å². The first-order valence-electron chi connectivity index (χ1n) is 6.38. The van der Waals surface area contributed by atoms with Crippen molar-refractivity contribution in [3.05, 3.63) is 35.2 Å². The number of aromatic amines is 1. The lowest BCUT2D eigenvalue weighted by atomic mass is 10.1. The maximum Gasteiger partial charge on any atom is 0.267 e. The molecule has 1 unspecified atom stereocenters. The fourth-order valence-electron chi connectivity index (χ4n) is 2.48. The van der Waals surface area contributed by atoms with Crippen molar-refractivity contribution in [2.75, 3.05) is 6.54 Å². The largest absolute Gasteiger partial charge is 0.508 e. The number of aromatic nitrogens is 4. The van der Waals surface area contributed by atoms with Gasteiger partial charge in [0.05, 0.1) is 6.54 Å². The third kappa shape index (κ3) is 2.69. The number of hydrogen-bond acceptors (Lipinski definition) is 5. The van der Waals surface area contributed by atoms with Gasteiger partial charge in [-0.1, -0.05) is 5.21 Å². The van der Waals surface area contributed by atoms with E-state index in [0.717, 1.165) is 0 Å². The van der Waals surface area contributed by atoms with E-state index in [1.54, 1.807) is 0 Å². The van der Waals surface area contributed by atoms with Gasteiger partial charge in [0.2, 0.25) is 0 Å². The Morgan fingerprint density at radius 1 is 1.35 bits per heavy atom. The predicted octanol–water partition coefficient (Wildman–Crippen LogP) is 1.41. The van der Waals surface area contributed by atoms with Crippen molar-refractivity contribution in [3.8, 4) is 5.75 Å². The Morgan fingerprint density at radius 3 is 2.57 bits per heavy atom. The van der Waals surface area contributed by atoms with Crippen molar-refractivity contribution >= 4 is 5.91 Å². The first-order chi connectivity index (χ1) is 10.8. The molecular formula is C12H9F4N5O2. The van der Waals surface area contributed by atoms with Crippen LogP contribution in [0.1, 0.15) is 28.6 Å². The molecule has 23 heavy (non-hydrogen) atoms. The van der Waals surface area contributed by atoms with E-state index in [9.17, 15) is 22.4 Å². The summed E-state index contributed by atoms with van der Waals surface area (Å²) in [5, 5.41) is 21.5. The quantitative estimate of drug-likeness (QED) is 0.811. The highest BCUT2D eigenvalue weighted by atomic mass is 19.3. The number of nitrogens with one attached hydrogen (secondary N) is 1. The van der Waals surface area contributed by atoms with Crippen molar-refractivity contribution in [2.45, 2.75) is 18.4 Å². The molecule has 1 aliphatic heterocycles. The molecule has 1 aliphatic rings. The summed E-state index contributed by atoms with van der Waals surface area (Å²) in [5.74, 6) is -8.16. The van der Waals surface area contributed by atoms with Gasteiger partial charge in [-0.15, -0.1) is 10.2 Å². The monoisotopic (exact) mass is 331 g/mol. The van der Waals surface area contributed by atoms with E-state index in [0.29, 0.717) is 17.0 Å². The van der Waals surface area contributed by atoms with Crippen LogP contribution in [0.15, 0.2) is 12.1 Å². The van der Waals surface area contributed by atoms with Gasteiger partial charge in [0.25, 0.3) is 11.8 Å². The summed E-state index contributed by atoms with van der Waals surface area (Å²) in [6.45, 7) is -1.04. The lowest BCUT2D eigenvalue weighted by Gasteiger charge is -2.22. The topological polar surface area (TPSA) is 95.0 Å². The summed E-state index contributed by atoms with van der Waals surface area (Å²) in [7, 11) is 0. The lowest BCUT2D eigenvalue weighted by Crippen LogP contribution is -2.34. The minimum absolute atomic E-state index is 0.185. The Balaban J connectivity index is 2.01. The Hall–Kier alpha value is -2.72. The zero-order valence-electron chi connectivity index (χ0n) is 11.3. The molecular weight excluding hydrogens is 322 g/mol. The number of hydrogen-bond donors (Lipinski definition) is 2. The van der Waals surface area contributed by atoms with Crippen molar-refractivity contribution in [3.63, 3.8) is 0 Å². The SMILES string of the molecule is O=C(c1c(F)cc(O)cc1F)N1CC(F)(F)CC1c1nn[nH]n1. The average Bonchev–Trinajstić information content (AvgIpc) is 3.04. The summed E-state index contributed by atoms with van der Waals surface area (Å²) >= 11 is 0. The van der Waals surface area contributed by atoms with Crippen molar-refractivity contribution in [1.82, 2.24) is 25.5 Å². The maximum absolute atomic E-state index is 13.8. The molecule has 0 spiro atoms. The highest BCUT2D eigenvalue weighted by molar-refractivity contribution is 5.95. The fraction of sp³-hybridized carbons (Fsp3) is 0.333. The van der Waals surface area contributed by atoms with E-state index in [1.807, 2.05) is 0 Å². The molecule has 1 aromatic heterocycles. The number of H-pyrrole nitrogens is 1. The summed E-state index contributed by atoms with van der Waals surface area (Å²) in [4.78, 5) is 12.9. The molecule has 3 rings (SSSR count). The smallest absolute Gasteiger partial charge is 0.267 e. The zero-order valence-corrected chi connectivity index (χ0v) is 11.3. The molecule has 7 nitrogen and oxygen atoms in total. The number of phenols is 1. The van der Waals surface area contributed by atoms with E-state index in [4.69, 9.17) is 5.11 Å². The van der Waals surface area contributed by atoms with Gasteiger partial charge < -0.3 is 10.0 Å². The van der Waals surface area contributed by atoms with E-state index in [2.05, 4.69) is 20.6 Å². The number of carbonyl (C=O) groups is 1. The number of alkyl halides is 2. The van der Waals surface area contributed by atoms with Crippen LogP contribution in [0.5, 0.6) is 5.75 Å². The lowest BCUT2D eigenvalue weighted by molar-refractivity contribution is 0.0116. The number of tetrazole rings is 1. The molecule has 1 atom stereocenters. The molecule has 122 valence electrons. The van der Waals surface area contributed by atoms with Gasteiger partial charge in [-0.3, -0.25) is 4.79 Å². The molecule has 1 saturated heterocycles. The minimum atomic E-state index is -3.26. The van der Waals surface area contributed by atoms with Crippen LogP contribution >= 0.6 is 0 Å². The Morgan fingerprint density at radius 2 is 2.00 bits per heavy atom. The summed E-state index contributed by atoms with van der Waals surface area (Å²) < 4.78 is 54.9. The number of aromatic hydroxyl groups is 1. The van der Waals surface area contributed by atoms with Gasteiger partial charge in [0, 0.05) is 18.6 Å². The molecule has 1 fully saturated rings. The van der Waals surface area contributed by atoms with Crippen LogP contribution < -0.4 is 0 Å². The molecule has 2 heterocycles. The molecule has 0 saturated carbocycles. The van der Waals surface area contributed by atoms with Crippen LogP contribution in [0, 0.1) is 11.6 Å². The van der Waals surface area contributed by atoms with E-state index < -0.39 is 53.8 Å². The molecule has 1 amide bonds. The predicted molar refractivity (Wildman–Crippen MR) is 65.5 cm³/mol. The van der Waals surface area contributed by atoms with Crippen LogP contribution in [-0.2, 0) is 0 Å². The maximum atomic E-state index is 13.8. The number of amides is 1. The third-order valence-corrected chi connectivity index (χ3v) is 3.43. The van der Waals surface area contributed by atoms with Crippen LogP contribution in [0.25, 0.3) is 0 Å². The number of benzene rings is 1. The number of rotatable bonds is 2. The average molecular weight is 331 g/mol. The number of halogens is 4. The molecule has 0 aliphatic carbocycles. The zero-order chi connectivity index (χ0) is 16.8. The molecule has 2 N–H and O–H groups in total. The molecule has 0 radical (unpaired) electrons. The van der Waals surface area contributed by atoms with E-state index in [1.165, 1.54) is 0 Å². The second kappa shape index (κ2) is 5.18. The van der Waals surface area contributed by atoms with Crippen molar-refractivity contribution in [2.24, 2.45) is 0 Å². The third-order valence-electron chi connectivity index (χ3n) is 3.43. The molecule has 0 bridgehead atoms. The fourth-order valence-corrected chi connectivity index (χ4v) is 2.48. The van der Waals surface area contributed by atoms with E-state index in [-0.39, 0.29) is 5.82 Å². The summed E-state index contributed by atoms with van der Waals surface area (Å²) in [6.07, 6.45) is -0.792. The van der Waals surface area contributed by atoms with Crippen LogP contribution in [0.2, 0.25) is 0 Å². The van der Waals surface area contributed by atoms with Gasteiger partial charge in [-0.05, 0) is 0 Å². The normalized spacial score (nSPS) is 20.0. The van der Waals surface area contributed by atoms with Gasteiger partial charge >= 0.3 is 0 Å². The highest BCUT2D eigenvalue weighted by Gasteiger charge is 2.50. The molecule has 11 heteroatoms. The first kappa shape index (κ1) is 15.2. The molecule has 1 aromatic carbocycles. The number of nitrogens with zero attached hydrogens (tertiary/aromatic N) is 4. The van der Waals surface area contributed by atoms with E-state index >= 15 is 0 Å². The summed E-state index contributed by atoms with van der Waals surface area (Å²) in [6, 6.07) is -0.231. The van der Waals surface area contributed by atoms with Gasteiger partial charge in [-0.2, -0.15) is 5.21 Å². The second-order valence-electron chi connectivity index (χ2n) is 5.06. The van der Waals surface area contributed by atoms with Crippen LogP contribution in [-0.4, -0.2) is 49.0 Å². The van der Waals surface area contributed by atoms with Crippen molar-refractivity contribution < 1.29 is 27.5 Å². The van der Waals surface area contributed by atoms with Crippen molar-refractivity contribution in [1.29, 1.82) is 0 Å². The highest BCUT2D eigenvalue weighted by Crippen LogP contribution is 2.40. The first-order valence-corrected chi connectivity index (χ1v) is 6.38. The Bertz CT molecular complexity index is 729. The molecule has 2 aromatic rings. The number of likely N-dealkylation sites (tertiary alicyclic amines) is 1. The number of phenolic OH excluding ortho intramolecular Hbond substituents is 1. The van der Waals surface area contributed by atoms with Crippen LogP contribution in [0.3, 0.4) is 0 Å². The second-order valence-corrected chi connectivity index (χ2v) is 5.06. The number of carbonyl (C=O) groups excluding carboxylic acids is 1. The Labute approximate surface area is 125 Å². The standard InChI is InChI=1S/C12H9F4N5O2/c13-6-1-5(22)2-7(14)9(6)11(23)21-4-12(15,16)3-8(21)10-17-19-20-18-10/h1-2,8,22H,3-4H2,(H,17,18,19,20). The van der Waals surface area contributed by atoms with Gasteiger partial charge in [0.1, 0.15) is 29.0 Å². The van der Waals surface area contributed by atoms with Crippen LogP contribution in [0.4, 0.5) is 17.6 Å². The summed E-state index contributed by atoms with van der Waals surface area (Å²) in [5.41, 5.74) is -1.03. The minimum Gasteiger partial charge on any atom is -0.508 e. The Kier molecular flexibility index (Phi) is 3.42. The van der Waals surface area contributed by atoms with Gasteiger partial charge in [-0.25, -0.2) is 17.6 Å².